The first-order valence-electron chi connectivity index (χ1n) is 12.0. The van der Waals surface area contributed by atoms with Crippen molar-refractivity contribution in [2.45, 2.75) is 52.6 Å². The lowest BCUT2D eigenvalue weighted by Crippen LogP contribution is -2.30. The number of carbonyl (C=O) groups is 1. The van der Waals surface area contributed by atoms with Crippen LogP contribution in [0, 0.1) is 13.8 Å². The number of ether oxygens (including phenoxy) is 1. The minimum atomic E-state index is -0.185. The van der Waals surface area contributed by atoms with Gasteiger partial charge in [0.2, 0.25) is 5.91 Å². The van der Waals surface area contributed by atoms with Crippen molar-refractivity contribution in [3.05, 3.63) is 95.3 Å². The van der Waals surface area contributed by atoms with Crippen LogP contribution in [0.1, 0.15) is 48.3 Å². The highest BCUT2D eigenvalue weighted by atomic mass is 16.5. The van der Waals surface area contributed by atoms with Crippen LogP contribution >= 0.6 is 0 Å². The van der Waals surface area contributed by atoms with E-state index in [0.717, 1.165) is 47.6 Å². The largest absolute Gasteiger partial charge is 0.493 e. The SMILES string of the molecule is Cc1ccc(OCCCCn2c(C(C)NC(=O)Cc3ccccc3)nc3ccccc32)c(C)c1. The van der Waals surface area contributed by atoms with E-state index in [1.807, 2.05) is 61.5 Å². The topological polar surface area (TPSA) is 56.1 Å². The van der Waals surface area contributed by atoms with Crippen molar-refractivity contribution in [2.75, 3.05) is 6.61 Å². The molecule has 5 nitrogen and oxygen atoms in total. The molecule has 176 valence electrons. The fraction of sp³-hybridized carbons (Fsp3) is 0.310. The van der Waals surface area contributed by atoms with E-state index < -0.39 is 0 Å². The van der Waals surface area contributed by atoms with Crippen LogP contribution in [0.3, 0.4) is 0 Å². The number of carbonyl (C=O) groups excluding carboxylic acids is 1. The van der Waals surface area contributed by atoms with Gasteiger partial charge in [-0.3, -0.25) is 4.79 Å². The van der Waals surface area contributed by atoms with Gasteiger partial charge >= 0.3 is 0 Å². The highest BCUT2D eigenvalue weighted by Gasteiger charge is 2.18. The van der Waals surface area contributed by atoms with Gasteiger partial charge < -0.3 is 14.6 Å². The van der Waals surface area contributed by atoms with Crippen molar-refractivity contribution in [1.29, 1.82) is 0 Å². The Balaban J connectivity index is 1.39. The van der Waals surface area contributed by atoms with Gasteiger partial charge in [-0.15, -0.1) is 0 Å². The predicted molar refractivity (Wildman–Crippen MR) is 137 cm³/mol. The smallest absolute Gasteiger partial charge is 0.224 e. The molecule has 0 saturated heterocycles. The van der Waals surface area contributed by atoms with Crippen LogP contribution in [-0.4, -0.2) is 22.1 Å². The number of aryl methyl sites for hydroxylation is 3. The molecule has 0 aliphatic heterocycles. The fourth-order valence-electron chi connectivity index (χ4n) is 4.31. The van der Waals surface area contributed by atoms with Crippen molar-refractivity contribution in [1.82, 2.24) is 14.9 Å². The number of rotatable bonds is 10. The summed E-state index contributed by atoms with van der Waals surface area (Å²) < 4.78 is 8.24. The minimum Gasteiger partial charge on any atom is -0.493 e. The van der Waals surface area contributed by atoms with Crippen molar-refractivity contribution in [2.24, 2.45) is 0 Å². The lowest BCUT2D eigenvalue weighted by atomic mass is 10.1. The average molecular weight is 456 g/mol. The highest BCUT2D eigenvalue weighted by Crippen LogP contribution is 2.22. The molecule has 0 spiro atoms. The van der Waals surface area contributed by atoms with Crippen LogP contribution in [0.2, 0.25) is 0 Å². The van der Waals surface area contributed by atoms with Crippen molar-refractivity contribution in [3.8, 4) is 5.75 Å². The molecular weight excluding hydrogens is 422 g/mol. The minimum absolute atomic E-state index is 0.000765. The van der Waals surface area contributed by atoms with Crippen LogP contribution in [-0.2, 0) is 17.8 Å². The van der Waals surface area contributed by atoms with Gasteiger partial charge in [-0.05, 0) is 62.9 Å². The zero-order valence-corrected chi connectivity index (χ0v) is 20.3. The molecular formula is C29H33N3O2. The maximum Gasteiger partial charge on any atom is 0.224 e. The number of aromatic nitrogens is 2. The maximum atomic E-state index is 12.6. The number of amides is 1. The second-order valence-corrected chi connectivity index (χ2v) is 8.89. The Morgan fingerprint density at radius 1 is 1.00 bits per heavy atom. The molecule has 4 aromatic rings. The van der Waals surface area contributed by atoms with E-state index in [-0.39, 0.29) is 11.9 Å². The number of fused-ring (bicyclic) bond motifs is 1. The van der Waals surface area contributed by atoms with Gasteiger partial charge in [-0.2, -0.15) is 0 Å². The van der Waals surface area contributed by atoms with E-state index in [1.54, 1.807) is 0 Å². The van der Waals surface area contributed by atoms with Crippen LogP contribution in [0.4, 0.5) is 0 Å². The van der Waals surface area contributed by atoms with Gasteiger partial charge in [0, 0.05) is 6.54 Å². The second-order valence-electron chi connectivity index (χ2n) is 8.89. The zero-order chi connectivity index (χ0) is 23.9. The van der Waals surface area contributed by atoms with Crippen molar-refractivity contribution >= 4 is 16.9 Å². The molecule has 34 heavy (non-hydrogen) atoms. The first-order chi connectivity index (χ1) is 16.5. The van der Waals surface area contributed by atoms with E-state index in [0.29, 0.717) is 13.0 Å². The van der Waals surface area contributed by atoms with Crippen LogP contribution < -0.4 is 10.1 Å². The van der Waals surface area contributed by atoms with Gasteiger partial charge in [0.15, 0.2) is 0 Å². The molecule has 1 amide bonds. The average Bonchev–Trinajstić information content (AvgIpc) is 3.19. The number of nitrogens with one attached hydrogen (secondary N) is 1. The molecule has 4 rings (SSSR count). The standard InChI is InChI=1S/C29H33N3O2/c1-21-15-16-27(22(2)19-21)34-18-10-9-17-32-26-14-8-7-13-25(26)31-29(32)23(3)30-28(33)20-24-11-5-4-6-12-24/h4-8,11-16,19,23H,9-10,17-18,20H2,1-3H3,(H,30,33). The summed E-state index contributed by atoms with van der Waals surface area (Å²) in [5.41, 5.74) is 5.46. The van der Waals surface area contributed by atoms with Gasteiger partial charge in [0.1, 0.15) is 11.6 Å². The second kappa shape index (κ2) is 11.0. The molecule has 0 aliphatic rings. The van der Waals surface area contributed by atoms with E-state index in [1.165, 1.54) is 11.1 Å². The maximum absolute atomic E-state index is 12.6. The van der Waals surface area contributed by atoms with Gasteiger partial charge in [-0.1, -0.05) is 60.2 Å². The third-order valence-electron chi connectivity index (χ3n) is 6.02. The molecule has 5 heteroatoms. The van der Waals surface area contributed by atoms with E-state index in [4.69, 9.17) is 9.72 Å². The van der Waals surface area contributed by atoms with E-state index in [9.17, 15) is 4.79 Å². The summed E-state index contributed by atoms with van der Waals surface area (Å²) in [6.07, 6.45) is 2.26. The molecule has 1 N–H and O–H groups in total. The molecule has 1 aromatic heterocycles. The van der Waals surface area contributed by atoms with Crippen LogP contribution in [0.5, 0.6) is 5.75 Å². The number of unbranched alkanes of at least 4 members (excludes halogenated alkanes) is 1. The first kappa shape index (κ1) is 23.6. The van der Waals surface area contributed by atoms with Crippen molar-refractivity contribution in [3.63, 3.8) is 0 Å². The lowest BCUT2D eigenvalue weighted by molar-refractivity contribution is -0.121. The number of imidazole rings is 1. The molecule has 1 atom stereocenters. The Hall–Kier alpha value is -3.60. The third kappa shape index (κ3) is 5.84. The van der Waals surface area contributed by atoms with Crippen LogP contribution in [0.25, 0.3) is 11.0 Å². The number of hydrogen-bond donors (Lipinski definition) is 1. The number of benzene rings is 3. The van der Waals surface area contributed by atoms with E-state index in [2.05, 4.69) is 41.9 Å². The quantitative estimate of drug-likeness (QED) is 0.302. The number of nitrogens with zero attached hydrogens (tertiary/aromatic N) is 2. The monoisotopic (exact) mass is 455 g/mol. The summed E-state index contributed by atoms with van der Waals surface area (Å²) in [5.74, 6) is 1.84. The summed E-state index contributed by atoms with van der Waals surface area (Å²) in [4.78, 5) is 17.5. The van der Waals surface area contributed by atoms with E-state index >= 15 is 0 Å². The van der Waals surface area contributed by atoms with Crippen molar-refractivity contribution < 1.29 is 9.53 Å². The van der Waals surface area contributed by atoms with Gasteiger partial charge in [0.05, 0.1) is 30.1 Å². The van der Waals surface area contributed by atoms with Gasteiger partial charge in [0.25, 0.3) is 0 Å². The Morgan fingerprint density at radius 2 is 1.76 bits per heavy atom. The third-order valence-corrected chi connectivity index (χ3v) is 6.02. The molecule has 0 radical (unpaired) electrons. The molecule has 0 bridgehead atoms. The Labute approximate surface area is 201 Å². The molecule has 0 aliphatic carbocycles. The fourth-order valence-corrected chi connectivity index (χ4v) is 4.31. The Kier molecular flexibility index (Phi) is 7.63. The number of para-hydroxylation sites is 2. The zero-order valence-electron chi connectivity index (χ0n) is 20.3. The van der Waals surface area contributed by atoms with Gasteiger partial charge in [-0.25, -0.2) is 4.98 Å². The summed E-state index contributed by atoms with van der Waals surface area (Å²) in [6, 6.07) is 24.1. The normalized spacial score (nSPS) is 12.0. The summed E-state index contributed by atoms with van der Waals surface area (Å²) in [6.45, 7) is 7.68. The molecule has 1 unspecified atom stereocenters. The summed E-state index contributed by atoms with van der Waals surface area (Å²) in [7, 11) is 0. The molecule has 0 fully saturated rings. The summed E-state index contributed by atoms with van der Waals surface area (Å²) in [5, 5.41) is 3.13. The molecule has 1 heterocycles. The summed E-state index contributed by atoms with van der Waals surface area (Å²) >= 11 is 0. The lowest BCUT2D eigenvalue weighted by Gasteiger charge is -2.17. The Morgan fingerprint density at radius 3 is 2.56 bits per heavy atom. The first-order valence-corrected chi connectivity index (χ1v) is 12.0. The highest BCUT2D eigenvalue weighted by molar-refractivity contribution is 5.79. The molecule has 3 aromatic carbocycles. The van der Waals surface area contributed by atoms with Crippen LogP contribution in [0.15, 0.2) is 72.8 Å². The Bertz CT molecular complexity index is 1250. The molecule has 0 saturated carbocycles. The number of hydrogen-bond acceptors (Lipinski definition) is 3. The predicted octanol–water partition coefficient (Wildman–Crippen LogP) is 5.93.